The zero-order chi connectivity index (χ0) is 20.3. The number of aromatic carboxylic acids is 1. The van der Waals surface area contributed by atoms with Gasteiger partial charge in [-0.15, -0.1) is 11.6 Å². The third-order valence-corrected chi connectivity index (χ3v) is 7.27. The molecule has 0 aromatic heterocycles. The lowest BCUT2D eigenvalue weighted by atomic mass is 9.85. The Morgan fingerprint density at radius 2 is 1.89 bits per heavy atom. The van der Waals surface area contributed by atoms with Gasteiger partial charge in [-0.1, -0.05) is 35.9 Å². The number of rotatable bonds is 7. The van der Waals surface area contributed by atoms with Crippen LogP contribution in [0.25, 0.3) is 0 Å². The van der Waals surface area contributed by atoms with Gasteiger partial charge in [0.25, 0.3) is 0 Å². The number of aryl methyl sites for hydroxylation is 3. The highest BCUT2D eigenvalue weighted by Crippen LogP contribution is 2.41. The molecular formula is C24H28Cl2O2. The van der Waals surface area contributed by atoms with Gasteiger partial charge >= 0.3 is 5.97 Å². The zero-order valence-corrected chi connectivity index (χ0v) is 18.1. The van der Waals surface area contributed by atoms with Gasteiger partial charge in [-0.25, -0.2) is 4.79 Å². The molecule has 0 radical (unpaired) electrons. The molecule has 150 valence electrons. The van der Waals surface area contributed by atoms with Gasteiger partial charge in [0.15, 0.2) is 0 Å². The lowest BCUT2D eigenvalue weighted by Crippen LogP contribution is -2.17. The lowest BCUT2D eigenvalue weighted by molar-refractivity contribution is 0.0697. The molecule has 0 aliphatic heterocycles. The minimum Gasteiger partial charge on any atom is -0.478 e. The zero-order valence-electron chi connectivity index (χ0n) is 16.6. The van der Waals surface area contributed by atoms with Crippen molar-refractivity contribution in [2.45, 2.75) is 57.7 Å². The van der Waals surface area contributed by atoms with E-state index in [9.17, 15) is 4.79 Å². The van der Waals surface area contributed by atoms with E-state index in [1.54, 1.807) is 12.1 Å². The molecule has 3 rings (SSSR count). The summed E-state index contributed by atoms with van der Waals surface area (Å²) in [7, 11) is 0. The third kappa shape index (κ3) is 4.90. The van der Waals surface area contributed by atoms with Crippen LogP contribution in [0.2, 0.25) is 5.02 Å². The maximum atomic E-state index is 11.1. The molecule has 4 heteroatoms. The Labute approximate surface area is 177 Å². The standard InChI is InChI=1S/C24H28Cl2O2/c1-15-4-3-5-18(16(15)2)9-12-20-19(10-13-22(20)25)8-6-17-7-11-21(24(27)28)23(26)14-17/h3-5,7,11,14,19-20,22H,6,8-10,12-13H2,1-2H3,(H,27,28)/t19-,20+,22?/m0/s1. The summed E-state index contributed by atoms with van der Waals surface area (Å²) in [6.07, 6.45) is 6.45. The number of alkyl halides is 1. The van der Waals surface area contributed by atoms with Crippen LogP contribution in [0.4, 0.5) is 0 Å². The van der Waals surface area contributed by atoms with Gasteiger partial charge in [-0.05, 0) is 98.6 Å². The molecule has 1 saturated carbocycles. The number of benzene rings is 2. The SMILES string of the molecule is Cc1cccc(CC[C@H]2C(Cl)CC[C@@H]2CCc2ccc(C(=O)O)c(Cl)c2)c1C. The van der Waals surface area contributed by atoms with Gasteiger partial charge < -0.3 is 5.11 Å². The van der Waals surface area contributed by atoms with Crippen LogP contribution >= 0.6 is 23.2 Å². The van der Waals surface area contributed by atoms with E-state index in [0.717, 1.165) is 37.7 Å². The van der Waals surface area contributed by atoms with E-state index < -0.39 is 5.97 Å². The van der Waals surface area contributed by atoms with Crippen molar-refractivity contribution >= 4 is 29.2 Å². The Hall–Kier alpha value is -1.51. The summed E-state index contributed by atoms with van der Waals surface area (Å²) < 4.78 is 0. The fraction of sp³-hybridized carbons (Fsp3) is 0.458. The summed E-state index contributed by atoms with van der Waals surface area (Å²) in [5.74, 6) is 0.171. The number of hydrogen-bond acceptors (Lipinski definition) is 1. The quantitative estimate of drug-likeness (QED) is 0.498. The predicted octanol–water partition coefficient (Wildman–Crippen LogP) is 6.85. The fourth-order valence-corrected chi connectivity index (χ4v) is 5.26. The number of carbonyl (C=O) groups is 1. The summed E-state index contributed by atoms with van der Waals surface area (Å²) in [6.45, 7) is 4.38. The highest BCUT2D eigenvalue weighted by atomic mass is 35.5. The van der Waals surface area contributed by atoms with Crippen molar-refractivity contribution in [2.24, 2.45) is 11.8 Å². The molecule has 1 aliphatic carbocycles. The van der Waals surface area contributed by atoms with Crippen LogP contribution in [0.5, 0.6) is 0 Å². The Kier molecular flexibility index (Phi) is 7.06. The summed E-state index contributed by atoms with van der Waals surface area (Å²) >= 11 is 12.8. The molecule has 1 unspecified atom stereocenters. The summed E-state index contributed by atoms with van der Waals surface area (Å²) in [5, 5.41) is 9.69. The Bertz CT molecular complexity index is 846. The molecule has 1 aliphatic rings. The monoisotopic (exact) mass is 418 g/mol. The van der Waals surface area contributed by atoms with Crippen LogP contribution in [-0.2, 0) is 12.8 Å². The highest BCUT2D eigenvalue weighted by molar-refractivity contribution is 6.33. The van der Waals surface area contributed by atoms with E-state index in [-0.39, 0.29) is 10.9 Å². The molecule has 0 bridgehead atoms. The minimum atomic E-state index is -0.983. The average Bonchev–Trinajstić information content (AvgIpc) is 3.00. The Balaban J connectivity index is 1.61. The van der Waals surface area contributed by atoms with E-state index in [0.29, 0.717) is 16.9 Å². The minimum absolute atomic E-state index is 0.165. The summed E-state index contributed by atoms with van der Waals surface area (Å²) in [6, 6.07) is 11.8. The second-order valence-corrected chi connectivity index (χ2v) is 9.04. The van der Waals surface area contributed by atoms with E-state index in [2.05, 4.69) is 32.0 Å². The molecule has 2 aromatic rings. The molecule has 0 heterocycles. The highest BCUT2D eigenvalue weighted by Gasteiger charge is 2.34. The summed E-state index contributed by atoms with van der Waals surface area (Å²) in [5.41, 5.74) is 5.45. The molecule has 0 amide bonds. The largest absolute Gasteiger partial charge is 0.478 e. The molecule has 2 nitrogen and oxygen atoms in total. The smallest absolute Gasteiger partial charge is 0.337 e. The maximum Gasteiger partial charge on any atom is 0.337 e. The molecule has 1 N–H and O–H groups in total. The van der Waals surface area contributed by atoms with Crippen LogP contribution in [0.15, 0.2) is 36.4 Å². The van der Waals surface area contributed by atoms with Crippen molar-refractivity contribution in [1.82, 2.24) is 0 Å². The predicted molar refractivity (Wildman–Crippen MR) is 117 cm³/mol. The Morgan fingerprint density at radius 3 is 2.61 bits per heavy atom. The number of carboxylic acid groups (broad SMARTS) is 1. The van der Waals surface area contributed by atoms with E-state index in [1.807, 2.05) is 6.07 Å². The van der Waals surface area contributed by atoms with Crippen molar-refractivity contribution in [3.63, 3.8) is 0 Å². The second kappa shape index (κ2) is 9.33. The molecule has 3 atom stereocenters. The van der Waals surface area contributed by atoms with Crippen LogP contribution in [0.1, 0.15) is 58.3 Å². The first-order valence-electron chi connectivity index (χ1n) is 10.1. The van der Waals surface area contributed by atoms with E-state index in [4.69, 9.17) is 28.3 Å². The van der Waals surface area contributed by atoms with E-state index >= 15 is 0 Å². The first-order chi connectivity index (χ1) is 13.4. The van der Waals surface area contributed by atoms with Gasteiger partial charge in [-0.2, -0.15) is 0 Å². The van der Waals surface area contributed by atoms with Crippen LogP contribution in [0.3, 0.4) is 0 Å². The first-order valence-corrected chi connectivity index (χ1v) is 10.9. The summed E-state index contributed by atoms with van der Waals surface area (Å²) in [4.78, 5) is 11.1. The second-order valence-electron chi connectivity index (χ2n) is 8.07. The first kappa shape index (κ1) is 21.2. The Morgan fingerprint density at radius 1 is 1.11 bits per heavy atom. The van der Waals surface area contributed by atoms with Gasteiger partial charge in [0.1, 0.15) is 0 Å². The topological polar surface area (TPSA) is 37.3 Å². The molecule has 28 heavy (non-hydrogen) atoms. The van der Waals surface area contributed by atoms with Crippen molar-refractivity contribution in [2.75, 3.05) is 0 Å². The normalized spacial score (nSPS) is 21.8. The third-order valence-electron chi connectivity index (χ3n) is 6.41. The van der Waals surface area contributed by atoms with Crippen molar-refractivity contribution < 1.29 is 9.90 Å². The van der Waals surface area contributed by atoms with Gasteiger partial charge in [0.2, 0.25) is 0 Å². The number of halogens is 2. The van der Waals surface area contributed by atoms with Crippen LogP contribution in [-0.4, -0.2) is 16.5 Å². The molecule has 0 saturated heterocycles. The fourth-order valence-electron chi connectivity index (χ4n) is 4.52. The number of hydrogen-bond donors (Lipinski definition) is 1. The maximum absolute atomic E-state index is 11.1. The molecular weight excluding hydrogens is 391 g/mol. The van der Waals surface area contributed by atoms with Crippen LogP contribution in [0, 0.1) is 25.7 Å². The van der Waals surface area contributed by atoms with Crippen molar-refractivity contribution in [1.29, 1.82) is 0 Å². The lowest BCUT2D eigenvalue weighted by Gasteiger charge is -2.22. The average molecular weight is 419 g/mol. The molecule has 0 spiro atoms. The van der Waals surface area contributed by atoms with Gasteiger partial charge in [-0.3, -0.25) is 0 Å². The molecule has 2 aromatic carbocycles. The van der Waals surface area contributed by atoms with E-state index in [1.165, 1.54) is 23.1 Å². The number of carboxylic acids is 1. The van der Waals surface area contributed by atoms with Gasteiger partial charge in [0.05, 0.1) is 10.6 Å². The molecule has 1 fully saturated rings. The van der Waals surface area contributed by atoms with Gasteiger partial charge in [0, 0.05) is 5.38 Å². The van der Waals surface area contributed by atoms with Crippen molar-refractivity contribution in [3.05, 3.63) is 69.2 Å². The van der Waals surface area contributed by atoms with Crippen molar-refractivity contribution in [3.8, 4) is 0 Å². The van der Waals surface area contributed by atoms with Crippen LogP contribution < -0.4 is 0 Å².